The van der Waals surface area contributed by atoms with E-state index in [4.69, 9.17) is 13.0 Å². The smallest absolute Gasteiger partial charge is 0.351 e. The van der Waals surface area contributed by atoms with Gasteiger partial charge in [-0.2, -0.15) is 21.6 Å². The maximum absolute atomic E-state index is 10.7. The molecule has 2 aromatic heterocycles. The van der Waals surface area contributed by atoms with E-state index in [0.717, 1.165) is 0 Å². The Morgan fingerprint density at radius 2 is 1.84 bits per heavy atom. The third-order valence-electron chi connectivity index (χ3n) is 1.34. The number of H-pyrrole nitrogens is 1. The molecule has 7 nitrogen and oxygen atoms in total. The molecule has 19 heavy (non-hydrogen) atoms. The zero-order valence-corrected chi connectivity index (χ0v) is 10.4. The average molecular weight is 300 g/mol. The number of aromatic nitrogens is 4. The summed E-state index contributed by atoms with van der Waals surface area (Å²) in [7, 11) is -3.90. The minimum absolute atomic E-state index is 1.62. The second-order valence-electron chi connectivity index (χ2n) is 2.91. The molecular formula is C8H11F3N4O3S. The molecule has 0 saturated heterocycles. The molecule has 0 saturated carbocycles. The van der Waals surface area contributed by atoms with E-state index in [1.165, 1.54) is 0 Å². The first kappa shape index (κ1) is 17.1. The summed E-state index contributed by atoms with van der Waals surface area (Å²) in [5.41, 5.74) is -5.53. The molecule has 0 radical (unpaired) electrons. The van der Waals surface area contributed by atoms with Gasteiger partial charge < -0.3 is 9.55 Å². The fraction of sp³-hybridized carbons (Fsp3) is 0.250. The van der Waals surface area contributed by atoms with Gasteiger partial charge >= 0.3 is 15.6 Å². The highest BCUT2D eigenvalue weighted by atomic mass is 32.2. The Bertz CT molecular complexity index is 505. The fourth-order valence-electron chi connectivity index (χ4n) is 0.541. The summed E-state index contributed by atoms with van der Waals surface area (Å²) in [5.74, 6) is 0. The van der Waals surface area contributed by atoms with Gasteiger partial charge in [0.1, 0.15) is 0 Å². The van der Waals surface area contributed by atoms with Crippen LogP contribution in [0.4, 0.5) is 13.2 Å². The molecule has 0 aliphatic carbocycles. The molecule has 2 aromatic rings. The number of halogens is 3. The van der Waals surface area contributed by atoms with Gasteiger partial charge in [-0.3, -0.25) is 4.55 Å². The number of nitrogens with one attached hydrogen (secondary N) is 1. The molecule has 2 N–H and O–H groups in total. The van der Waals surface area contributed by atoms with E-state index in [1.807, 2.05) is 17.8 Å². The normalized spacial score (nSPS) is 10.8. The number of alkyl halides is 3. The van der Waals surface area contributed by atoms with Crippen molar-refractivity contribution in [3.8, 4) is 0 Å². The first-order chi connectivity index (χ1) is 8.64. The third kappa shape index (κ3) is 8.79. The third-order valence-corrected chi connectivity index (χ3v) is 1.92. The summed E-state index contributed by atoms with van der Waals surface area (Å²) in [6.07, 6.45) is 10.5. The van der Waals surface area contributed by atoms with Crippen molar-refractivity contribution in [2.75, 3.05) is 0 Å². The number of imidazole rings is 2. The van der Waals surface area contributed by atoms with Gasteiger partial charge in [0.2, 0.25) is 0 Å². The molecule has 0 bridgehead atoms. The maximum Gasteiger partial charge on any atom is 0.522 e. The van der Waals surface area contributed by atoms with Crippen LogP contribution in [0.1, 0.15) is 0 Å². The van der Waals surface area contributed by atoms with Crippen molar-refractivity contribution in [2.24, 2.45) is 7.05 Å². The molecular weight excluding hydrogens is 289 g/mol. The van der Waals surface area contributed by atoms with Crippen LogP contribution in [0.3, 0.4) is 0 Å². The molecule has 0 spiro atoms. The zero-order valence-electron chi connectivity index (χ0n) is 9.61. The monoisotopic (exact) mass is 300 g/mol. The molecule has 2 rings (SSSR count). The number of hydrogen-bond acceptors (Lipinski definition) is 4. The summed E-state index contributed by atoms with van der Waals surface area (Å²) < 4.78 is 59.4. The summed E-state index contributed by atoms with van der Waals surface area (Å²) in [5, 5.41) is 0. The van der Waals surface area contributed by atoms with Crippen LogP contribution in [0, 0.1) is 0 Å². The van der Waals surface area contributed by atoms with Gasteiger partial charge in [-0.05, 0) is 0 Å². The molecule has 0 aliphatic heterocycles. The predicted octanol–water partition coefficient (Wildman–Crippen LogP) is 1.22. The molecule has 0 amide bonds. The van der Waals surface area contributed by atoms with E-state index in [-0.39, 0.29) is 0 Å². The van der Waals surface area contributed by atoms with Crippen LogP contribution >= 0.6 is 0 Å². The Morgan fingerprint density at radius 3 is 1.95 bits per heavy atom. The summed E-state index contributed by atoms with van der Waals surface area (Å²) in [4.78, 5) is 10.2. The lowest BCUT2D eigenvalue weighted by molar-refractivity contribution is -0.0510. The lowest BCUT2D eigenvalue weighted by Crippen LogP contribution is -2.21. The van der Waals surface area contributed by atoms with Gasteiger partial charge in [0.15, 0.2) is 0 Å². The van der Waals surface area contributed by atoms with Gasteiger partial charge in [-0.15, -0.1) is 0 Å². The largest absolute Gasteiger partial charge is 0.522 e. The zero-order chi connectivity index (χ0) is 14.9. The van der Waals surface area contributed by atoms with E-state index in [0.29, 0.717) is 0 Å². The topological polar surface area (TPSA) is 101 Å². The highest BCUT2D eigenvalue weighted by Gasteiger charge is 2.44. The summed E-state index contributed by atoms with van der Waals surface area (Å²) in [6.45, 7) is 0. The number of hydrogen-bond donors (Lipinski definition) is 2. The van der Waals surface area contributed by atoms with E-state index < -0.39 is 15.6 Å². The van der Waals surface area contributed by atoms with Crippen molar-refractivity contribution >= 4 is 10.1 Å². The summed E-state index contributed by atoms with van der Waals surface area (Å²) in [6, 6.07) is 0. The molecule has 0 aromatic carbocycles. The SMILES string of the molecule is Cn1ccnc1.O=S(=O)(O)C(F)(F)F.c1c[nH]cn1. The van der Waals surface area contributed by atoms with Crippen molar-refractivity contribution in [3.63, 3.8) is 0 Å². The quantitative estimate of drug-likeness (QED) is 0.563. The molecule has 0 atom stereocenters. The van der Waals surface area contributed by atoms with Crippen molar-refractivity contribution in [2.45, 2.75) is 5.51 Å². The standard InChI is InChI=1S/C4H6N2.C3H4N2.CHF3O3S/c1-6-3-2-5-4-6;1-2-5-3-4-1;2-1(3,4)8(5,6)7/h2-4H,1H3;1-3H,(H,4,5);(H,5,6,7). The van der Waals surface area contributed by atoms with E-state index in [9.17, 15) is 13.2 Å². The molecule has 11 heteroatoms. The lowest BCUT2D eigenvalue weighted by atomic mass is 10.9. The first-order valence-corrected chi connectivity index (χ1v) is 5.97. The highest BCUT2D eigenvalue weighted by molar-refractivity contribution is 7.86. The maximum atomic E-state index is 10.7. The van der Waals surface area contributed by atoms with Crippen LogP contribution < -0.4 is 0 Å². The van der Waals surface area contributed by atoms with E-state index >= 15 is 0 Å². The van der Waals surface area contributed by atoms with Crippen molar-refractivity contribution in [3.05, 3.63) is 37.4 Å². The highest BCUT2D eigenvalue weighted by Crippen LogP contribution is 2.20. The molecule has 2 heterocycles. The van der Waals surface area contributed by atoms with Crippen LogP contribution in [-0.2, 0) is 17.2 Å². The second kappa shape index (κ2) is 7.53. The fourth-order valence-corrected chi connectivity index (χ4v) is 0.541. The van der Waals surface area contributed by atoms with Crippen molar-refractivity contribution < 1.29 is 26.1 Å². The van der Waals surface area contributed by atoms with Crippen molar-refractivity contribution in [1.82, 2.24) is 19.5 Å². The van der Waals surface area contributed by atoms with Gasteiger partial charge in [-0.25, -0.2) is 9.97 Å². The van der Waals surface area contributed by atoms with Crippen LogP contribution in [0.2, 0.25) is 0 Å². The molecule has 108 valence electrons. The molecule has 0 aliphatic rings. The molecule has 0 unspecified atom stereocenters. The van der Waals surface area contributed by atoms with Crippen LogP contribution in [-0.4, -0.2) is 38.0 Å². The van der Waals surface area contributed by atoms with Crippen LogP contribution in [0.25, 0.3) is 0 Å². The number of nitrogens with zero attached hydrogens (tertiary/aromatic N) is 3. The Kier molecular flexibility index (Phi) is 6.79. The van der Waals surface area contributed by atoms with E-state index in [1.54, 1.807) is 31.2 Å². The van der Waals surface area contributed by atoms with Gasteiger partial charge in [0.25, 0.3) is 0 Å². The van der Waals surface area contributed by atoms with E-state index in [2.05, 4.69) is 15.0 Å². The first-order valence-electron chi connectivity index (χ1n) is 4.53. The minimum atomic E-state index is -5.84. The lowest BCUT2D eigenvalue weighted by Gasteiger charge is -1.97. The number of aromatic amines is 1. The van der Waals surface area contributed by atoms with Crippen LogP contribution in [0.15, 0.2) is 37.4 Å². The van der Waals surface area contributed by atoms with Gasteiger partial charge in [0, 0.05) is 31.8 Å². The average Bonchev–Trinajstić information content (AvgIpc) is 2.88. The number of rotatable bonds is 0. The van der Waals surface area contributed by atoms with Crippen molar-refractivity contribution in [1.29, 1.82) is 0 Å². The predicted molar refractivity (Wildman–Crippen MR) is 59.4 cm³/mol. The van der Waals surface area contributed by atoms with Crippen LogP contribution in [0.5, 0.6) is 0 Å². The van der Waals surface area contributed by atoms with Gasteiger partial charge in [0.05, 0.1) is 12.7 Å². The Balaban J connectivity index is 0.000000262. The number of aryl methyl sites for hydroxylation is 1. The minimum Gasteiger partial charge on any atom is -0.351 e. The second-order valence-corrected chi connectivity index (χ2v) is 4.32. The summed E-state index contributed by atoms with van der Waals surface area (Å²) >= 11 is 0. The Morgan fingerprint density at radius 1 is 1.26 bits per heavy atom. The van der Waals surface area contributed by atoms with Gasteiger partial charge in [-0.1, -0.05) is 0 Å². The molecule has 0 fully saturated rings. The Hall–Kier alpha value is -1.88. The Labute approximate surface area is 106 Å².